The van der Waals surface area contributed by atoms with E-state index in [4.69, 9.17) is 0 Å². The van der Waals surface area contributed by atoms with Crippen LogP contribution in [-0.4, -0.2) is 35.5 Å². The quantitative estimate of drug-likeness (QED) is 0.382. The smallest absolute Gasteiger partial charge is 0.227 e. The number of nitrogens with zero attached hydrogens (tertiary/aromatic N) is 4. The van der Waals surface area contributed by atoms with Gasteiger partial charge in [0.2, 0.25) is 5.91 Å². The molecular weight excluding hydrogens is 466 g/mol. The number of para-hydroxylation sites is 2. The van der Waals surface area contributed by atoms with Crippen LogP contribution in [0.15, 0.2) is 54.9 Å². The summed E-state index contributed by atoms with van der Waals surface area (Å²) in [5.74, 6) is 1.14. The van der Waals surface area contributed by atoms with Crippen LogP contribution in [0.2, 0.25) is 0 Å². The zero-order valence-corrected chi connectivity index (χ0v) is 21.6. The molecule has 6 rings (SSSR count). The summed E-state index contributed by atoms with van der Waals surface area (Å²) in [5.41, 5.74) is 6.06. The Hall–Kier alpha value is -3.45. The van der Waals surface area contributed by atoms with E-state index < -0.39 is 0 Å². The van der Waals surface area contributed by atoms with Crippen LogP contribution in [0.3, 0.4) is 0 Å². The Morgan fingerprint density at radius 2 is 1.81 bits per heavy atom. The first-order valence-corrected chi connectivity index (χ1v) is 13.6. The third kappa shape index (κ3) is 4.22. The van der Waals surface area contributed by atoms with Crippen LogP contribution in [0.1, 0.15) is 34.4 Å². The molecule has 2 aliphatic rings. The molecule has 1 saturated heterocycles. The van der Waals surface area contributed by atoms with Gasteiger partial charge in [0, 0.05) is 48.3 Å². The Kier molecular flexibility index (Phi) is 6.09. The van der Waals surface area contributed by atoms with E-state index in [1.807, 2.05) is 12.1 Å². The first-order chi connectivity index (χ1) is 17.6. The lowest BCUT2D eigenvalue weighted by Gasteiger charge is -2.32. The van der Waals surface area contributed by atoms with Gasteiger partial charge in [0.25, 0.3) is 0 Å². The summed E-state index contributed by atoms with van der Waals surface area (Å²) in [5, 5.41) is 4.43. The predicted octanol–water partition coefficient (Wildman–Crippen LogP) is 5.73. The van der Waals surface area contributed by atoms with Crippen molar-refractivity contribution < 1.29 is 4.79 Å². The minimum atomic E-state index is 0.00412. The second-order valence-corrected chi connectivity index (χ2v) is 11.1. The Morgan fingerprint density at radius 1 is 1.03 bits per heavy atom. The minimum Gasteiger partial charge on any atom is -0.367 e. The van der Waals surface area contributed by atoms with Crippen molar-refractivity contribution in [1.82, 2.24) is 9.97 Å². The summed E-state index contributed by atoms with van der Waals surface area (Å²) in [6, 6.07) is 16.8. The monoisotopic (exact) mass is 497 g/mol. The number of hydrogen-bond acceptors (Lipinski definition) is 6. The maximum atomic E-state index is 13.3. The zero-order chi connectivity index (χ0) is 24.6. The Labute approximate surface area is 216 Å². The molecule has 184 valence electrons. The van der Waals surface area contributed by atoms with E-state index in [0.717, 1.165) is 67.3 Å². The number of amides is 1. The summed E-state index contributed by atoms with van der Waals surface area (Å²) >= 11 is 1.73. The van der Waals surface area contributed by atoms with E-state index in [0.29, 0.717) is 0 Å². The Bertz CT molecular complexity index is 1420. The minimum absolute atomic E-state index is 0.00412. The van der Waals surface area contributed by atoms with Gasteiger partial charge in [0.15, 0.2) is 0 Å². The number of piperidine rings is 1. The van der Waals surface area contributed by atoms with Crippen LogP contribution in [-0.2, 0) is 17.8 Å². The largest absolute Gasteiger partial charge is 0.367 e. The highest BCUT2D eigenvalue weighted by atomic mass is 32.1. The van der Waals surface area contributed by atoms with Crippen LogP contribution in [0.25, 0.3) is 10.2 Å². The first-order valence-electron chi connectivity index (χ1n) is 12.8. The van der Waals surface area contributed by atoms with Crippen molar-refractivity contribution in [3.05, 3.63) is 76.4 Å². The number of nitrogens with one attached hydrogen (secondary N) is 1. The normalized spacial score (nSPS) is 15.9. The number of rotatable bonds is 5. The highest BCUT2D eigenvalue weighted by Crippen LogP contribution is 2.36. The molecular formula is C29H31N5OS. The molecule has 2 aromatic carbocycles. The van der Waals surface area contributed by atoms with Crippen LogP contribution in [0.4, 0.5) is 17.2 Å². The second kappa shape index (κ2) is 9.54. The van der Waals surface area contributed by atoms with Crippen molar-refractivity contribution in [2.75, 3.05) is 34.8 Å². The molecule has 0 saturated carbocycles. The molecule has 0 atom stereocenters. The molecule has 2 aromatic heterocycles. The molecule has 1 fully saturated rings. The third-order valence-corrected chi connectivity index (χ3v) is 8.85. The summed E-state index contributed by atoms with van der Waals surface area (Å²) in [6.07, 6.45) is 4.39. The van der Waals surface area contributed by atoms with Gasteiger partial charge in [-0.3, -0.25) is 4.79 Å². The van der Waals surface area contributed by atoms with Crippen LogP contribution in [0.5, 0.6) is 0 Å². The average molecular weight is 498 g/mol. The van der Waals surface area contributed by atoms with Gasteiger partial charge in [-0.05, 0) is 61.9 Å². The fraction of sp³-hybridized carbons (Fsp3) is 0.345. The molecule has 4 aromatic rings. The number of aryl methyl sites for hydroxylation is 2. The third-order valence-electron chi connectivity index (χ3n) is 7.73. The fourth-order valence-electron chi connectivity index (χ4n) is 5.55. The van der Waals surface area contributed by atoms with Crippen LogP contribution in [0, 0.1) is 19.8 Å². The maximum absolute atomic E-state index is 13.3. The molecule has 0 bridgehead atoms. The van der Waals surface area contributed by atoms with E-state index in [2.05, 4.69) is 75.3 Å². The van der Waals surface area contributed by atoms with Gasteiger partial charge in [-0.1, -0.05) is 36.4 Å². The van der Waals surface area contributed by atoms with Crippen molar-refractivity contribution >= 4 is 44.7 Å². The van der Waals surface area contributed by atoms with Gasteiger partial charge in [0.05, 0.1) is 5.39 Å². The highest BCUT2D eigenvalue weighted by molar-refractivity contribution is 7.18. The lowest BCUT2D eigenvalue weighted by Crippen LogP contribution is -2.38. The maximum Gasteiger partial charge on any atom is 0.227 e. The lowest BCUT2D eigenvalue weighted by molar-refractivity contribution is -0.120. The summed E-state index contributed by atoms with van der Waals surface area (Å²) in [4.78, 5) is 29.5. The molecule has 4 heterocycles. The topological polar surface area (TPSA) is 61.4 Å². The van der Waals surface area contributed by atoms with E-state index >= 15 is 0 Å². The molecule has 0 unspecified atom stereocenters. The number of fused-ring (bicyclic) bond motifs is 2. The van der Waals surface area contributed by atoms with Gasteiger partial charge in [-0.25, -0.2) is 9.97 Å². The standard InChI is InChI=1S/C29H31N5OS/c1-19-20(2)36-29-26(19)27(30-18-31-29)33-14-12-22(13-15-33)28(35)32-24-9-5-3-8-23(24)17-34-16-11-21-7-4-6-10-25(21)34/h3-10,18,22H,11-17H2,1-2H3,(H,32,35). The number of benzene rings is 2. The number of carbonyl (C=O) groups is 1. The van der Waals surface area contributed by atoms with Crippen LogP contribution < -0.4 is 15.1 Å². The van der Waals surface area contributed by atoms with Crippen molar-refractivity contribution in [3.8, 4) is 0 Å². The van der Waals surface area contributed by atoms with Gasteiger partial charge in [-0.15, -0.1) is 11.3 Å². The Morgan fingerprint density at radius 3 is 2.67 bits per heavy atom. The van der Waals surface area contributed by atoms with Crippen molar-refractivity contribution in [3.63, 3.8) is 0 Å². The molecule has 2 aliphatic heterocycles. The first kappa shape index (κ1) is 23.0. The van der Waals surface area contributed by atoms with E-state index in [9.17, 15) is 4.79 Å². The van der Waals surface area contributed by atoms with Gasteiger partial charge in [0.1, 0.15) is 17.0 Å². The molecule has 0 spiro atoms. The average Bonchev–Trinajstić information content (AvgIpc) is 3.45. The number of aromatic nitrogens is 2. The molecule has 6 nitrogen and oxygen atoms in total. The molecule has 0 radical (unpaired) electrons. The molecule has 36 heavy (non-hydrogen) atoms. The SMILES string of the molecule is Cc1sc2ncnc(N3CCC(C(=O)Nc4ccccc4CN4CCc5ccccc54)CC3)c2c1C. The Balaban J connectivity index is 1.12. The molecule has 0 aliphatic carbocycles. The summed E-state index contributed by atoms with van der Waals surface area (Å²) in [7, 11) is 0. The lowest BCUT2D eigenvalue weighted by atomic mass is 9.95. The van der Waals surface area contributed by atoms with Crippen molar-refractivity contribution in [1.29, 1.82) is 0 Å². The number of hydrogen-bond donors (Lipinski definition) is 1. The summed E-state index contributed by atoms with van der Waals surface area (Å²) < 4.78 is 0. The van der Waals surface area contributed by atoms with E-state index in [1.54, 1.807) is 17.7 Å². The van der Waals surface area contributed by atoms with Gasteiger partial charge in [-0.2, -0.15) is 0 Å². The number of thiophene rings is 1. The predicted molar refractivity (Wildman–Crippen MR) is 148 cm³/mol. The molecule has 1 N–H and O–H groups in total. The van der Waals surface area contributed by atoms with E-state index in [1.165, 1.54) is 27.1 Å². The molecule has 1 amide bonds. The van der Waals surface area contributed by atoms with E-state index in [-0.39, 0.29) is 11.8 Å². The van der Waals surface area contributed by atoms with Crippen molar-refractivity contribution in [2.45, 2.75) is 39.7 Å². The molecule has 7 heteroatoms. The number of carbonyl (C=O) groups excluding carboxylic acids is 1. The van der Waals surface area contributed by atoms with Crippen molar-refractivity contribution in [2.24, 2.45) is 5.92 Å². The highest BCUT2D eigenvalue weighted by Gasteiger charge is 2.28. The zero-order valence-electron chi connectivity index (χ0n) is 20.8. The van der Waals surface area contributed by atoms with Gasteiger partial charge >= 0.3 is 0 Å². The summed E-state index contributed by atoms with van der Waals surface area (Å²) in [6.45, 7) is 7.76. The van der Waals surface area contributed by atoms with Crippen LogP contribution >= 0.6 is 11.3 Å². The second-order valence-electron chi connectivity index (χ2n) is 9.87. The van der Waals surface area contributed by atoms with Gasteiger partial charge < -0.3 is 15.1 Å². The number of anilines is 3. The fourth-order valence-corrected chi connectivity index (χ4v) is 6.54.